The second-order valence-electron chi connectivity index (χ2n) is 7.10. The van der Waals surface area contributed by atoms with Gasteiger partial charge < -0.3 is 10.1 Å². The van der Waals surface area contributed by atoms with Crippen LogP contribution in [0.1, 0.15) is 38.3 Å². The molecule has 0 spiro atoms. The molecule has 0 bridgehead atoms. The number of hydrogen-bond donors (Lipinski definition) is 1. The van der Waals surface area contributed by atoms with Gasteiger partial charge in [-0.15, -0.1) is 0 Å². The quantitative estimate of drug-likeness (QED) is 0.612. The summed E-state index contributed by atoms with van der Waals surface area (Å²) in [5.74, 6) is -0.878. The molecule has 1 aromatic heterocycles. The molecule has 2 aromatic carbocycles. The number of carbonyl (C=O) groups is 1. The van der Waals surface area contributed by atoms with Crippen molar-refractivity contribution in [3.63, 3.8) is 0 Å². The van der Waals surface area contributed by atoms with Gasteiger partial charge in [-0.1, -0.05) is 42.0 Å². The topological polar surface area (TPSA) is 56.1 Å². The maximum absolute atomic E-state index is 13.1. The fourth-order valence-corrected chi connectivity index (χ4v) is 3.10. The van der Waals surface area contributed by atoms with Gasteiger partial charge in [-0.25, -0.2) is 0 Å². The van der Waals surface area contributed by atoms with Crippen LogP contribution in [0.2, 0.25) is 0 Å². The Bertz CT molecular complexity index is 1060. The maximum Gasteiger partial charge on any atom is 0.435 e. The number of aryl methyl sites for hydroxylation is 3. The summed E-state index contributed by atoms with van der Waals surface area (Å²) in [5, 5.41) is 5.92. The number of alkyl halides is 3. The lowest BCUT2D eigenvalue weighted by molar-refractivity contribution is -0.141. The van der Waals surface area contributed by atoms with Gasteiger partial charge in [0.1, 0.15) is 0 Å². The Morgan fingerprint density at radius 1 is 1.10 bits per heavy atom. The molecule has 8 heteroatoms. The molecule has 1 N–H and O–H groups in total. The monoisotopic (exact) mass is 417 g/mol. The number of carbonyl (C=O) groups excluding carboxylic acids is 1. The minimum atomic E-state index is -4.72. The van der Waals surface area contributed by atoms with E-state index in [2.05, 4.69) is 16.5 Å². The molecule has 5 nitrogen and oxygen atoms in total. The SMILES string of the molecule is Cc1ccc(COCc2ccccc2NC(=O)c2cn(C)nc2C(F)(F)F)c(C)c1. The first kappa shape index (κ1) is 21.6. The number of nitrogens with one attached hydrogen (secondary N) is 1. The summed E-state index contributed by atoms with van der Waals surface area (Å²) in [7, 11) is 1.33. The second kappa shape index (κ2) is 8.71. The molecular weight excluding hydrogens is 395 g/mol. The Hall–Kier alpha value is -3.13. The predicted molar refractivity (Wildman–Crippen MR) is 107 cm³/mol. The summed E-state index contributed by atoms with van der Waals surface area (Å²) in [6, 6.07) is 12.9. The molecule has 158 valence electrons. The average Bonchev–Trinajstić information content (AvgIpc) is 3.07. The third-order valence-electron chi connectivity index (χ3n) is 4.62. The summed E-state index contributed by atoms with van der Waals surface area (Å²) < 4.78 is 46.2. The first-order valence-corrected chi connectivity index (χ1v) is 9.29. The second-order valence-corrected chi connectivity index (χ2v) is 7.10. The van der Waals surface area contributed by atoms with Crippen LogP contribution in [0.4, 0.5) is 18.9 Å². The molecule has 3 rings (SSSR count). The van der Waals surface area contributed by atoms with Crippen molar-refractivity contribution >= 4 is 11.6 Å². The summed E-state index contributed by atoms with van der Waals surface area (Å²) in [5.41, 5.74) is 2.63. The number of amides is 1. The number of rotatable bonds is 6. The first-order chi connectivity index (χ1) is 14.1. The lowest BCUT2D eigenvalue weighted by Crippen LogP contribution is -2.18. The van der Waals surface area contributed by atoms with Crippen LogP contribution in [0.3, 0.4) is 0 Å². The van der Waals surface area contributed by atoms with Crippen molar-refractivity contribution in [1.29, 1.82) is 0 Å². The molecule has 1 heterocycles. The van der Waals surface area contributed by atoms with Crippen LogP contribution in [0.25, 0.3) is 0 Å². The predicted octanol–water partition coefficient (Wildman–Crippen LogP) is 5.02. The average molecular weight is 417 g/mol. The highest BCUT2D eigenvalue weighted by Crippen LogP contribution is 2.31. The zero-order valence-electron chi connectivity index (χ0n) is 16.9. The largest absolute Gasteiger partial charge is 0.435 e. The molecule has 30 heavy (non-hydrogen) atoms. The molecule has 0 atom stereocenters. The zero-order valence-corrected chi connectivity index (χ0v) is 16.9. The van der Waals surface area contributed by atoms with Crippen molar-refractivity contribution in [2.24, 2.45) is 7.05 Å². The Morgan fingerprint density at radius 3 is 2.50 bits per heavy atom. The summed E-state index contributed by atoms with van der Waals surface area (Å²) >= 11 is 0. The van der Waals surface area contributed by atoms with Crippen molar-refractivity contribution in [3.05, 3.63) is 82.2 Å². The van der Waals surface area contributed by atoms with Gasteiger partial charge in [-0.3, -0.25) is 9.48 Å². The lowest BCUT2D eigenvalue weighted by Gasteiger charge is -2.13. The molecule has 3 aromatic rings. The van der Waals surface area contributed by atoms with Crippen LogP contribution in [-0.4, -0.2) is 15.7 Å². The smallest absolute Gasteiger partial charge is 0.372 e. The number of aromatic nitrogens is 2. The molecule has 0 fully saturated rings. The van der Waals surface area contributed by atoms with Gasteiger partial charge in [0.2, 0.25) is 0 Å². The van der Waals surface area contributed by atoms with Crippen molar-refractivity contribution in [1.82, 2.24) is 9.78 Å². The number of hydrogen-bond acceptors (Lipinski definition) is 3. The standard InChI is InChI=1S/C22H22F3N3O2/c1-14-8-9-16(15(2)10-14)12-30-13-17-6-4-5-7-19(17)26-21(29)18-11-28(3)27-20(18)22(23,24)25/h4-11H,12-13H2,1-3H3,(H,26,29). The van der Waals surface area contributed by atoms with Crippen LogP contribution >= 0.6 is 0 Å². The normalized spacial score (nSPS) is 11.5. The number of benzene rings is 2. The minimum Gasteiger partial charge on any atom is -0.372 e. The molecule has 0 aliphatic carbocycles. The number of ether oxygens (including phenoxy) is 1. The molecule has 0 unspecified atom stereocenters. The number of anilines is 1. The Labute approximate surface area is 172 Å². The van der Waals surface area contributed by atoms with Gasteiger partial charge in [-0.2, -0.15) is 18.3 Å². The molecule has 0 saturated heterocycles. The zero-order chi connectivity index (χ0) is 21.9. The highest BCUT2D eigenvalue weighted by atomic mass is 19.4. The first-order valence-electron chi connectivity index (χ1n) is 9.29. The van der Waals surface area contributed by atoms with Crippen LogP contribution in [0.5, 0.6) is 0 Å². The lowest BCUT2D eigenvalue weighted by atomic mass is 10.1. The van der Waals surface area contributed by atoms with Crippen LogP contribution < -0.4 is 5.32 Å². The van der Waals surface area contributed by atoms with Crippen LogP contribution in [0, 0.1) is 13.8 Å². The molecule has 0 radical (unpaired) electrons. The van der Waals surface area contributed by atoms with Gasteiger partial charge >= 0.3 is 6.18 Å². The summed E-state index contributed by atoms with van der Waals surface area (Å²) in [6.07, 6.45) is -3.67. The van der Waals surface area contributed by atoms with E-state index >= 15 is 0 Å². The summed E-state index contributed by atoms with van der Waals surface area (Å²) in [6.45, 7) is 4.60. The van der Waals surface area contributed by atoms with E-state index in [-0.39, 0.29) is 6.61 Å². The van der Waals surface area contributed by atoms with Crippen molar-refractivity contribution < 1.29 is 22.7 Å². The van der Waals surface area contributed by atoms with E-state index in [9.17, 15) is 18.0 Å². The Morgan fingerprint density at radius 2 is 1.80 bits per heavy atom. The van der Waals surface area contributed by atoms with E-state index < -0.39 is 23.3 Å². The Kier molecular flexibility index (Phi) is 6.26. The Balaban J connectivity index is 1.72. The number of para-hydroxylation sites is 1. The van der Waals surface area contributed by atoms with Crippen molar-refractivity contribution in [2.75, 3.05) is 5.32 Å². The van der Waals surface area contributed by atoms with E-state index in [1.165, 1.54) is 7.05 Å². The van der Waals surface area contributed by atoms with E-state index in [1.54, 1.807) is 24.3 Å². The fourth-order valence-electron chi connectivity index (χ4n) is 3.10. The number of halogens is 3. The van der Waals surface area contributed by atoms with Crippen LogP contribution in [0.15, 0.2) is 48.7 Å². The molecule has 0 aliphatic rings. The third kappa shape index (κ3) is 5.07. The van der Waals surface area contributed by atoms with Crippen molar-refractivity contribution in [2.45, 2.75) is 33.2 Å². The van der Waals surface area contributed by atoms with Gasteiger partial charge in [-0.05, 0) is 31.0 Å². The number of nitrogens with zero attached hydrogens (tertiary/aromatic N) is 2. The highest BCUT2D eigenvalue weighted by molar-refractivity contribution is 6.05. The summed E-state index contributed by atoms with van der Waals surface area (Å²) in [4.78, 5) is 12.5. The van der Waals surface area contributed by atoms with Crippen LogP contribution in [-0.2, 0) is 31.2 Å². The van der Waals surface area contributed by atoms with Gasteiger partial charge in [0.25, 0.3) is 5.91 Å². The molecule has 0 saturated carbocycles. The van der Waals surface area contributed by atoms with Crippen molar-refractivity contribution in [3.8, 4) is 0 Å². The molecular formula is C22H22F3N3O2. The van der Waals surface area contributed by atoms with E-state index in [4.69, 9.17) is 4.74 Å². The van der Waals surface area contributed by atoms with E-state index in [1.807, 2.05) is 26.0 Å². The van der Waals surface area contributed by atoms with Gasteiger partial charge in [0.15, 0.2) is 5.69 Å². The molecule has 0 aliphatic heterocycles. The van der Waals surface area contributed by atoms with Gasteiger partial charge in [0, 0.05) is 24.5 Å². The highest BCUT2D eigenvalue weighted by Gasteiger charge is 2.39. The molecule has 1 amide bonds. The fraction of sp³-hybridized carbons (Fsp3) is 0.273. The van der Waals surface area contributed by atoms with E-state index in [0.29, 0.717) is 17.9 Å². The third-order valence-corrected chi connectivity index (χ3v) is 4.62. The van der Waals surface area contributed by atoms with Gasteiger partial charge in [0.05, 0.1) is 18.8 Å². The minimum absolute atomic E-state index is 0.197. The van der Waals surface area contributed by atoms with E-state index in [0.717, 1.165) is 27.6 Å². The maximum atomic E-state index is 13.1.